The van der Waals surface area contributed by atoms with E-state index in [0.29, 0.717) is 19.1 Å². The van der Waals surface area contributed by atoms with Crippen molar-refractivity contribution in [3.8, 4) is 0 Å². The number of primary sulfonamides is 1. The minimum Gasteiger partial charge on any atom is -0.376 e. The molecule has 1 fully saturated rings. The normalized spacial score (nSPS) is 17.2. The number of nitrogens with zero attached hydrogens (tertiary/aromatic N) is 2. The van der Waals surface area contributed by atoms with Gasteiger partial charge in [0.1, 0.15) is 0 Å². The number of nitrogens with two attached hydrogens (primary N) is 1. The Labute approximate surface area is 185 Å². The van der Waals surface area contributed by atoms with Crippen molar-refractivity contribution in [2.24, 2.45) is 16.0 Å². The van der Waals surface area contributed by atoms with Gasteiger partial charge in [0.15, 0.2) is 5.96 Å². The summed E-state index contributed by atoms with van der Waals surface area (Å²) in [5, 5.41) is 8.53. The van der Waals surface area contributed by atoms with E-state index >= 15 is 0 Å². The molecule has 2 aromatic rings. The molecule has 1 unspecified atom stereocenters. The lowest BCUT2D eigenvalue weighted by Gasteiger charge is -2.21. The highest BCUT2D eigenvalue weighted by Gasteiger charge is 2.25. The van der Waals surface area contributed by atoms with Crippen LogP contribution in [0.2, 0.25) is 0 Å². The molecule has 0 aliphatic carbocycles. The Kier molecular flexibility index (Phi) is 8.45. The first-order valence-corrected chi connectivity index (χ1v) is 12.3. The van der Waals surface area contributed by atoms with Gasteiger partial charge in [0.2, 0.25) is 10.0 Å². The summed E-state index contributed by atoms with van der Waals surface area (Å²) in [4.78, 5) is 7.20. The molecular weight excluding hydrogens is 412 g/mol. The minimum atomic E-state index is -3.65. The van der Waals surface area contributed by atoms with Crippen LogP contribution >= 0.6 is 0 Å². The lowest BCUT2D eigenvalue weighted by Crippen LogP contribution is -2.40. The molecule has 7 nitrogen and oxygen atoms in total. The molecule has 3 N–H and O–H groups in total. The molecule has 1 aliphatic rings. The second kappa shape index (κ2) is 11.3. The van der Waals surface area contributed by atoms with Crippen LogP contribution in [0.25, 0.3) is 0 Å². The third-order valence-electron chi connectivity index (χ3n) is 5.30. The first kappa shape index (κ1) is 23.2. The Morgan fingerprint density at radius 1 is 1.16 bits per heavy atom. The van der Waals surface area contributed by atoms with Gasteiger partial charge in [-0.15, -0.1) is 0 Å². The largest absolute Gasteiger partial charge is 0.376 e. The Morgan fingerprint density at radius 2 is 1.90 bits per heavy atom. The molecule has 31 heavy (non-hydrogen) atoms. The molecule has 0 aromatic heterocycles. The molecule has 1 heterocycles. The number of guanidine groups is 1. The highest BCUT2D eigenvalue weighted by atomic mass is 32.2. The van der Waals surface area contributed by atoms with Crippen molar-refractivity contribution in [3.63, 3.8) is 0 Å². The average Bonchev–Trinajstić information content (AvgIpc) is 3.22. The van der Waals surface area contributed by atoms with Crippen molar-refractivity contribution in [1.29, 1.82) is 0 Å². The summed E-state index contributed by atoms with van der Waals surface area (Å²) in [6, 6.07) is 16.9. The standard InChI is InChI=1S/C23H32N4O3S/c1-2-25-23(26-14-12-19-8-10-22(11-9-19)31(24,28)29)27-15-13-21(16-27)18-30-17-20-6-4-3-5-7-20/h3-11,21H,2,12-18H2,1H3,(H,25,26)(H2,24,28,29). The molecular formula is C23H32N4O3S. The maximum Gasteiger partial charge on any atom is 0.238 e. The van der Waals surface area contributed by atoms with Crippen LogP contribution in [0, 0.1) is 5.92 Å². The SMILES string of the molecule is CCNC(=NCCc1ccc(S(N)(=O)=O)cc1)N1CCC(COCc2ccccc2)C1. The number of hydrogen-bond donors (Lipinski definition) is 2. The van der Waals surface area contributed by atoms with Gasteiger partial charge in [0.05, 0.1) is 18.1 Å². The zero-order chi connectivity index (χ0) is 22.1. The third kappa shape index (κ3) is 7.34. The number of aliphatic imine (C=N–C) groups is 1. The van der Waals surface area contributed by atoms with Gasteiger partial charge < -0.3 is 15.0 Å². The fourth-order valence-electron chi connectivity index (χ4n) is 3.64. The van der Waals surface area contributed by atoms with Gasteiger partial charge >= 0.3 is 0 Å². The minimum absolute atomic E-state index is 0.130. The van der Waals surface area contributed by atoms with E-state index in [0.717, 1.165) is 50.6 Å². The summed E-state index contributed by atoms with van der Waals surface area (Å²) < 4.78 is 28.7. The molecule has 0 spiro atoms. The van der Waals surface area contributed by atoms with Crippen LogP contribution in [0.4, 0.5) is 0 Å². The van der Waals surface area contributed by atoms with E-state index < -0.39 is 10.0 Å². The van der Waals surface area contributed by atoms with Crippen molar-refractivity contribution in [2.75, 3.05) is 32.8 Å². The predicted molar refractivity (Wildman–Crippen MR) is 123 cm³/mol. The lowest BCUT2D eigenvalue weighted by atomic mass is 10.1. The van der Waals surface area contributed by atoms with E-state index in [9.17, 15) is 8.42 Å². The van der Waals surface area contributed by atoms with Gasteiger partial charge in [0.25, 0.3) is 0 Å². The highest BCUT2D eigenvalue weighted by molar-refractivity contribution is 7.89. The zero-order valence-electron chi connectivity index (χ0n) is 18.0. The van der Waals surface area contributed by atoms with Gasteiger partial charge in [-0.05, 0) is 43.0 Å². The summed E-state index contributed by atoms with van der Waals surface area (Å²) >= 11 is 0. The van der Waals surface area contributed by atoms with E-state index in [1.165, 1.54) is 5.56 Å². The van der Waals surface area contributed by atoms with Crippen molar-refractivity contribution in [2.45, 2.75) is 31.3 Å². The molecule has 3 rings (SSSR count). The van der Waals surface area contributed by atoms with Gasteiger partial charge in [-0.2, -0.15) is 0 Å². The smallest absolute Gasteiger partial charge is 0.238 e. The number of benzene rings is 2. The van der Waals surface area contributed by atoms with Crippen LogP contribution in [-0.2, 0) is 27.8 Å². The fraction of sp³-hybridized carbons (Fsp3) is 0.435. The van der Waals surface area contributed by atoms with E-state index in [1.54, 1.807) is 24.3 Å². The zero-order valence-corrected chi connectivity index (χ0v) is 18.9. The van der Waals surface area contributed by atoms with Crippen LogP contribution in [0.1, 0.15) is 24.5 Å². The average molecular weight is 445 g/mol. The van der Waals surface area contributed by atoms with Crippen molar-refractivity contribution in [3.05, 3.63) is 65.7 Å². The van der Waals surface area contributed by atoms with Gasteiger partial charge in [-0.1, -0.05) is 42.5 Å². The highest BCUT2D eigenvalue weighted by Crippen LogP contribution is 2.17. The van der Waals surface area contributed by atoms with Crippen LogP contribution in [0.5, 0.6) is 0 Å². The molecule has 8 heteroatoms. The molecule has 0 amide bonds. The summed E-state index contributed by atoms with van der Waals surface area (Å²) in [5.41, 5.74) is 2.23. The summed E-state index contributed by atoms with van der Waals surface area (Å²) in [6.45, 7) is 6.81. The monoisotopic (exact) mass is 444 g/mol. The summed E-state index contributed by atoms with van der Waals surface area (Å²) in [5.74, 6) is 1.42. The topological polar surface area (TPSA) is 97.0 Å². The summed E-state index contributed by atoms with van der Waals surface area (Å²) in [7, 11) is -3.65. The van der Waals surface area contributed by atoms with E-state index in [-0.39, 0.29) is 4.90 Å². The number of rotatable bonds is 9. The van der Waals surface area contributed by atoms with Gasteiger partial charge in [-0.25, -0.2) is 13.6 Å². The third-order valence-corrected chi connectivity index (χ3v) is 6.23. The summed E-state index contributed by atoms with van der Waals surface area (Å²) in [6.07, 6.45) is 1.82. The van der Waals surface area contributed by atoms with Crippen molar-refractivity contribution < 1.29 is 13.2 Å². The second-order valence-corrected chi connectivity index (χ2v) is 9.34. The van der Waals surface area contributed by atoms with Gasteiger partial charge in [-0.3, -0.25) is 4.99 Å². The van der Waals surface area contributed by atoms with Crippen LogP contribution in [-0.4, -0.2) is 52.1 Å². The Morgan fingerprint density at radius 3 is 2.58 bits per heavy atom. The fourth-order valence-corrected chi connectivity index (χ4v) is 4.16. The first-order valence-electron chi connectivity index (χ1n) is 10.7. The second-order valence-electron chi connectivity index (χ2n) is 7.78. The Balaban J connectivity index is 1.47. The van der Waals surface area contributed by atoms with E-state index in [1.807, 2.05) is 18.2 Å². The number of nitrogens with one attached hydrogen (secondary N) is 1. The molecule has 0 saturated carbocycles. The number of likely N-dealkylation sites (tertiary alicyclic amines) is 1. The molecule has 1 aliphatic heterocycles. The van der Waals surface area contributed by atoms with Gasteiger partial charge in [0, 0.05) is 32.1 Å². The van der Waals surface area contributed by atoms with Crippen LogP contribution in [0.15, 0.2) is 64.5 Å². The molecule has 168 valence electrons. The van der Waals surface area contributed by atoms with Crippen LogP contribution < -0.4 is 10.5 Å². The van der Waals surface area contributed by atoms with E-state index in [4.69, 9.17) is 14.9 Å². The molecule has 0 radical (unpaired) electrons. The van der Waals surface area contributed by atoms with E-state index in [2.05, 4.69) is 29.3 Å². The molecule has 1 saturated heterocycles. The Bertz CT molecular complexity index is 947. The van der Waals surface area contributed by atoms with Crippen molar-refractivity contribution in [1.82, 2.24) is 10.2 Å². The number of sulfonamides is 1. The maximum atomic E-state index is 11.4. The van der Waals surface area contributed by atoms with Crippen LogP contribution in [0.3, 0.4) is 0 Å². The maximum absolute atomic E-state index is 11.4. The Hall–Kier alpha value is -2.42. The number of ether oxygens (including phenoxy) is 1. The first-order chi connectivity index (χ1) is 15.0. The quantitative estimate of drug-likeness (QED) is 0.457. The molecule has 2 aromatic carbocycles. The lowest BCUT2D eigenvalue weighted by molar-refractivity contribution is 0.0907. The molecule has 1 atom stereocenters. The molecule has 0 bridgehead atoms. The predicted octanol–water partition coefficient (Wildman–Crippen LogP) is 2.38. The van der Waals surface area contributed by atoms with Crippen molar-refractivity contribution >= 4 is 16.0 Å². The number of hydrogen-bond acceptors (Lipinski definition) is 4.